The largest absolute Gasteiger partial charge is 0.319 e. The quantitative estimate of drug-likeness (QED) is 0.847. The second-order valence-electron chi connectivity index (χ2n) is 4.06. The molecule has 0 bridgehead atoms. The van der Waals surface area contributed by atoms with E-state index < -0.39 is 0 Å². The molecule has 4 nitrogen and oxygen atoms in total. The second kappa shape index (κ2) is 8.95. The van der Waals surface area contributed by atoms with Crippen LogP contribution in [0.25, 0.3) is 10.9 Å². The highest BCUT2D eigenvalue weighted by molar-refractivity contribution is 6.47. The van der Waals surface area contributed by atoms with Crippen LogP contribution in [0.4, 0.5) is 5.69 Å². The van der Waals surface area contributed by atoms with Crippen LogP contribution in [0.2, 0.25) is 5.02 Å². The molecule has 2 aromatic rings. The van der Waals surface area contributed by atoms with Gasteiger partial charge in [-0.3, -0.25) is 14.8 Å². The van der Waals surface area contributed by atoms with Gasteiger partial charge in [0.25, 0.3) is 5.91 Å². The minimum atomic E-state index is -0.278. The van der Waals surface area contributed by atoms with Crippen molar-refractivity contribution >= 4 is 39.8 Å². The molecule has 0 fully saturated rings. The lowest BCUT2D eigenvalue weighted by molar-refractivity contribution is -0.110. The van der Waals surface area contributed by atoms with E-state index in [1.54, 1.807) is 37.5 Å². The fourth-order valence-electron chi connectivity index (χ4n) is 1.84. The molecule has 0 aliphatic rings. The zero-order chi connectivity index (χ0) is 16.5. The molecule has 2 rings (SSSR count). The van der Waals surface area contributed by atoms with Crippen LogP contribution in [0.1, 0.15) is 20.8 Å². The molecule has 1 aromatic carbocycles. The number of amides is 1. The molecule has 0 aliphatic heterocycles. The summed E-state index contributed by atoms with van der Waals surface area (Å²) in [5.41, 5.74) is 1.62. The SMILES string of the molecule is C/C=C\C(=NC)C(=O)Nc1cccc2c(Cl)ccnc12.CC. The van der Waals surface area contributed by atoms with Gasteiger partial charge in [0.2, 0.25) is 0 Å². The van der Waals surface area contributed by atoms with Crippen LogP contribution in [0.5, 0.6) is 0 Å². The molecule has 0 aliphatic carbocycles. The Hall–Kier alpha value is -2.20. The number of benzene rings is 1. The number of aromatic nitrogens is 1. The van der Waals surface area contributed by atoms with E-state index in [1.165, 1.54) is 0 Å². The summed E-state index contributed by atoms with van der Waals surface area (Å²) in [4.78, 5) is 20.3. The van der Waals surface area contributed by atoms with Crippen molar-refractivity contribution in [2.45, 2.75) is 20.8 Å². The summed E-state index contributed by atoms with van der Waals surface area (Å²) in [6, 6.07) is 7.19. The van der Waals surface area contributed by atoms with Crippen molar-refractivity contribution in [3.63, 3.8) is 0 Å². The molecule has 1 heterocycles. The third-order valence-electron chi connectivity index (χ3n) is 2.76. The maximum absolute atomic E-state index is 12.1. The summed E-state index contributed by atoms with van der Waals surface area (Å²) >= 11 is 6.12. The summed E-state index contributed by atoms with van der Waals surface area (Å²) in [6.07, 6.45) is 5.03. The van der Waals surface area contributed by atoms with E-state index in [2.05, 4.69) is 15.3 Å². The van der Waals surface area contributed by atoms with Crippen LogP contribution in [0.15, 0.2) is 47.6 Å². The first-order valence-electron chi connectivity index (χ1n) is 7.11. The molecule has 116 valence electrons. The van der Waals surface area contributed by atoms with Crippen LogP contribution in [-0.4, -0.2) is 23.7 Å². The van der Waals surface area contributed by atoms with Crippen molar-refractivity contribution in [3.05, 3.63) is 47.6 Å². The Morgan fingerprint density at radius 3 is 2.68 bits per heavy atom. The fraction of sp³-hybridized carbons (Fsp3) is 0.235. The summed E-state index contributed by atoms with van der Waals surface area (Å²) in [5, 5.41) is 4.21. The lowest BCUT2D eigenvalue weighted by atomic mass is 10.2. The molecule has 0 spiro atoms. The molecule has 0 saturated heterocycles. The van der Waals surface area contributed by atoms with Gasteiger partial charge < -0.3 is 5.32 Å². The molecule has 1 amide bonds. The monoisotopic (exact) mass is 317 g/mol. The zero-order valence-electron chi connectivity index (χ0n) is 13.2. The number of nitrogens with one attached hydrogen (secondary N) is 1. The zero-order valence-corrected chi connectivity index (χ0v) is 14.0. The van der Waals surface area contributed by atoms with Gasteiger partial charge in [-0.2, -0.15) is 0 Å². The standard InChI is InChI=1S/C15H14ClN3O.C2H6/c1-3-5-13(17-2)15(20)19-12-7-4-6-10-11(16)8-9-18-14(10)12;1-2/h3-9H,1-2H3,(H,19,20);1-2H3/b5-3-,17-13?;. The lowest BCUT2D eigenvalue weighted by Crippen LogP contribution is -2.21. The van der Waals surface area contributed by atoms with Gasteiger partial charge in [0.15, 0.2) is 0 Å². The summed E-state index contributed by atoms with van der Waals surface area (Å²) < 4.78 is 0. The van der Waals surface area contributed by atoms with Gasteiger partial charge >= 0.3 is 0 Å². The number of pyridine rings is 1. The predicted molar refractivity (Wildman–Crippen MR) is 94.9 cm³/mol. The first-order chi connectivity index (χ1) is 10.7. The minimum absolute atomic E-state index is 0.278. The average molecular weight is 318 g/mol. The van der Waals surface area contributed by atoms with Crippen molar-refractivity contribution in [1.82, 2.24) is 4.98 Å². The number of hydrogen-bond acceptors (Lipinski definition) is 3. The smallest absolute Gasteiger partial charge is 0.273 e. The molecule has 5 heteroatoms. The third kappa shape index (κ3) is 4.15. The van der Waals surface area contributed by atoms with Crippen molar-refractivity contribution in [2.24, 2.45) is 4.99 Å². The predicted octanol–water partition coefficient (Wildman–Crippen LogP) is 4.50. The number of halogens is 1. The maximum Gasteiger partial charge on any atom is 0.273 e. The number of fused-ring (bicyclic) bond motifs is 1. The van der Waals surface area contributed by atoms with E-state index >= 15 is 0 Å². The van der Waals surface area contributed by atoms with Crippen molar-refractivity contribution in [1.29, 1.82) is 0 Å². The maximum atomic E-state index is 12.1. The van der Waals surface area contributed by atoms with Gasteiger partial charge in [0.1, 0.15) is 5.71 Å². The first kappa shape index (κ1) is 17.9. The van der Waals surface area contributed by atoms with Crippen molar-refractivity contribution in [3.8, 4) is 0 Å². The van der Waals surface area contributed by atoms with Crippen molar-refractivity contribution < 1.29 is 4.79 Å². The summed E-state index contributed by atoms with van der Waals surface area (Å²) in [7, 11) is 1.58. The Bertz CT molecular complexity index is 708. The minimum Gasteiger partial charge on any atom is -0.319 e. The Kier molecular flexibility index (Phi) is 7.26. The average Bonchev–Trinajstić information content (AvgIpc) is 2.55. The van der Waals surface area contributed by atoms with Crippen LogP contribution >= 0.6 is 11.6 Å². The van der Waals surface area contributed by atoms with E-state index in [-0.39, 0.29) is 5.91 Å². The van der Waals surface area contributed by atoms with E-state index in [0.29, 0.717) is 21.9 Å². The number of carbonyl (C=O) groups excluding carboxylic acids is 1. The number of carbonyl (C=O) groups is 1. The Morgan fingerprint density at radius 2 is 2.05 bits per heavy atom. The number of aliphatic imine (C=N–C) groups is 1. The number of nitrogens with zero attached hydrogens (tertiary/aromatic N) is 2. The number of rotatable bonds is 3. The van der Waals surface area contributed by atoms with E-state index in [0.717, 1.165) is 5.39 Å². The molecule has 1 aromatic heterocycles. The van der Waals surface area contributed by atoms with E-state index in [9.17, 15) is 4.79 Å². The van der Waals surface area contributed by atoms with E-state index in [4.69, 9.17) is 11.6 Å². The van der Waals surface area contributed by atoms with Gasteiger partial charge in [0.05, 0.1) is 16.2 Å². The van der Waals surface area contributed by atoms with E-state index in [1.807, 2.05) is 32.9 Å². The number of hydrogen-bond donors (Lipinski definition) is 1. The second-order valence-corrected chi connectivity index (χ2v) is 4.46. The van der Waals surface area contributed by atoms with Gasteiger partial charge in [-0.05, 0) is 25.1 Å². The Morgan fingerprint density at radius 1 is 1.32 bits per heavy atom. The topological polar surface area (TPSA) is 54.4 Å². The molecular formula is C17H20ClN3O. The molecule has 0 saturated carbocycles. The number of para-hydroxylation sites is 1. The first-order valence-corrected chi connectivity index (χ1v) is 7.49. The Labute approximate surface area is 135 Å². The van der Waals surface area contributed by atoms with Gasteiger partial charge in [-0.25, -0.2) is 0 Å². The lowest BCUT2D eigenvalue weighted by Gasteiger charge is -2.08. The highest BCUT2D eigenvalue weighted by Crippen LogP contribution is 2.26. The molecule has 0 unspecified atom stereocenters. The fourth-order valence-corrected chi connectivity index (χ4v) is 2.05. The normalized spacial score (nSPS) is 11.2. The third-order valence-corrected chi connectivity index (χ3v) is 3.09. The van der Waals surface area contributed by atoms with Crippen molar-refractivity contribution in [2.75, 3.05) is 12.4 Å². The molecule has 0 radical (unpaired) electrons. The van der Waals surface area contributed by atoms with Crippen LogP contribution in [0, 0.1) is 0 Å². The molecule has 1 N–H and O–H groups in total. The Balaban J connectivity index is 0.00000116. The molecule has 22 heavy (non-hydrogen) atoms. The van der Waals surface area contributed by atoms with Crippen LogP contribution < -0.4 is 5.32 Å². The van der Waals surface area contributed by atoms with Crippen LogP contribution in [-0.2, 0) is 4.79 Å². The highest BCUT2D eigenvalue weighted by Gasteiger charge is 2.11. The number of allylic oxidation sites excluding steroid dienone is 1. The number of anilines is 1. The summed E-state index contributed by atoms with van der Waals surface area (Å²) in [6.45, 7) is 5.83. The van der Waals surface area contributed by atoms with Gasteiger partial charge in [-0.15, -0.1) is 0 Å². The van der Waals surface area contributed by atoms with Crippen LogP contribution in [0.3, 0.4) is 0 Å². The highest BCUT2D eigenvalue weighted by atomic mass is 35.5. The van der Waals surface area contributed by atoms with Gasteiger partial charge in [0, 0.05) is 18.6 Å². The van der Waals surface area contributed by atoms with Gasteiger partial charge in [-0.1, -0.05) is 43.7 Å². The summed E-state index contributed by atoms with van der Waals surface area (Å²) in [5.74, 6) is -0.278. The molecular weight excluding hydrogens is 298 g/mol. The molecule has 0 atom stereocenters.